The first-order chi connectivity index (χ1) is 4.86. The Labute approximate surface area is 55.9 Å². The fourth-order valence-electron chi connectivity index (χ4n) is 0.673. The van der Waals surface area contributed by atoms with Crippen molar-refractivity contribution in [2.24, 2.45) is 20.0 Å². The van der Waals surface area contributed by atoms with Crippen molar-refractivity contribution in [1.29, 1.82) is 0 Å². The van der Waals surface area contributed by atoms with E-state index in [1.165, 1.54) is 6.34 Å². The summed E-state index contributed by atoms with van der Waals surface area (Å²) in [4.78, 5) is 25.2. The molecule has 1 amide bonds. The molecule has 0 radical (unpaired) electrons. The molecule has 5 heteroatoms. The van der Waals surface area contributed by atoms with Gasteiger partial charge >= 0.3 is 0 Å². The summed E-state index contributed by atoms with van der Waals surface area (Å²) >= 11 is 0. The highest BCUT2D eigenvalue weighted by Crippen LogP contribution is 1.99. The third-order valence-electron chi connectivity index (χ3n) is 1.07. The van der Waals surface area contributed by atoms with Gasteiger partial charge in [0, 0.05) is 0 Å². The van der Waals surface area contributed by atoms with Crippen molar-refractivity contribution in [3.63, 3.8) is 0 Å². The molecule has 2 heterocycles. The van der Waals surface area contributed by atoms with E-state index < -0.39 is 0 Å². The molecule has 2 aliphatic heterocycles. The van der Waals surface area contributed by atoms with Crippen LogP contribution >= 0.6 is 0 Å². The highest BCUT2D eigenvalue weighted by Gasteiger charge is 2.15. The number of fused-ring (bicyclic) bond motifs is 1. The van der Waals surface area contributed by atoms with Gasteiger partial charge < -0.3 is 0 Å². The minimum atomic E-state index is -0.381. The zero-order valence-electron chi connectivity index (χ0n) is 4.85. The molecule has 0 aromatic heterocycles. The first kappa shape index (κ1) is 5.16. The van der Waals surface area contributed by atoms with Crippen molar-refractivity contribution in [3.8, 4) is 0 Å². The number of nitrogens with zero attached hydrogens (tertiary/aromatic N) is 4. The van der Waals surface area contributed by atoms with E-state index in [2.05, 4.69) is 20.0 Å². The number of carbonyl (C=O) groups excluding carboxylic acids is 1. The van der Waals surface area contributed by atoms with E-state index in [1.54, 1.807) is 0 Å². The number of carbonyl (C=O) groups is 1. The lowest BCUT2D eigenvalue weighted by Crippen LogP contribution is -2.15. The Morgan fingerprint density at radius 2 is 2.10 bits per heavy atom. The molecule has 0 N–H and O–H groups in total. The fourth-order valence-corrected chi connectivity index (χ4v) is 0.673. The van der Waals surface area contributed by atoms with Gasteiger partial charge in [-0.2, -0.15) is 4.99 Å². The molecule has 0 bridgehead atoms. The average Bonchev–Trinajstić information content (AvgIpc) is 2.33. The molecule has 0 atom stereocenters. The number of rotatable bonds is 0. The molecule has 0 saturated heterocycles. The normalized spacial score (nSPS) is 20.6. The summed E-state index contributed by atoms with van der Waals surface area (Å²) in [5.74, 6) is 0.347. The summed E-state index contributed by atoms with van der Waals surface area (Å²) in [6.07, 6.45) is 2.45. The second kappa shape index (κ2) is 1.66. The summed E-state index contributed by atoms with van der Waals surface area (Å²) in [6.45, 7) is 0. The minimum Gasteiger partial charge on any atom is -0.266 e. The Balaban J connectivity index is 2.51. The zero-order chi connectivity index (χ0) is 6.97. The van der Waals surface area contributed by atoms with Crippen molar-refractivity contribution in [2.75, 3.05) is 0 Å². The van der Waals surface area contributed by atoms with E-state index in [0.717, 1.165) is 6.21 Å². The first-order valence-corrected chi connectivity index (χ1v) is 2.64. The molecule has 48 valence electrons. The topological polar surface area (TPSA) is 66.5 Å². The molecule has 0 unspecified atom stereocenters. The molecule has 2 rings (SSSR count). The number of aliphatic imine (C=N–C) groups is 4. The standard InChI is InChI=1S/C5H2N4O/c10-3-1-6-4-5(9-3)8-2-7-4/h1-2H. The van der Waals surface area contributed by atoms with Crippen LogP contribution in [-0.4, -0.2) is 30.1 Å². The van der Waals surface area contributed by atoms with E-state index in [0.29, 0.717) is 11.7 Å². The highest BCUT2D eigenvalue weighted by atomic mass is 16.1. The van der Waals surface area contributed by atoms with Crippen LogP contribution in [0.4, 0.5) is 0 Å². The molecule has 0 fully saturated rings. The van der Waals surface area contributed by atoms with Crippen LogP contribution in [0, 0.1) is 0 Å². The smallest absolute Gasteiger partial charge is 0.266 e. The Bertz CT molecular complexity index is 310. The highest BCUT2D eigenvalue weighted by molar-refractivity contribution is 6.53. The van der Waals surface area contributed by atoms with Crippen LogP contribution in [0.5, 0.6) is 0 Å². The quantitative estimate of drug-likeness (QED) is 0.437. The van der Waals surface area contributed by atoms with Gasteiger partial charge in [-0.1, -0.05) is 0 Å². The number of hydrogen-bond donors (Lipinski definition) is 0. The van der Waals surface area contributed by atoms with Gasteiger partial charge in [-0.3, -0.25) is 4.79 Å². The van der Waals surface area contributed by atoms with Crippen LogP contribution in [0.1, 0.15) is 0 Å². The van der Waals surface area contributed by atoms with Gasteiger partial charge in [-0.15, -0.1) is 0 Å². The molecule has 0 aromatic carbocycles. The Hall–Kier alpha value is -1.65. The molecule has 0 spiro atoms. The van der Waals surface area contributed by atoms with Crippen LogP contribution in [0.2, 0.25) is 0 Å². The van der Waals surface area contributed by atoms with Gasteiger partial charge in [0.25, 0.3) is 5.91 Å². The number of amides is 1. The van der Waals surface area contributed by atoms with Crippen LogP contribution < -0.4 is 0 Å². The molecule has 2 aliphatic rings. The van der Waals surface area contributed by atoms with Gasteiger partial charge in [0.15, 0.2) is 5.84 Å². The van der Waals surface area contributed by atoms with Crippen molar-refractivity contribution in [1.82, 2.24) is 0 Å². The van der Waals surface area contributed by atoms with Gasteiger partial charge in [0.05, 0.1) is 6.21 Å². The predicted molar refractivity (Wildman–Crippen MR) is 36.9 cm³/mol. The summed E-state index contributed by atoms with van der Waals surface area (Å²) in [6, 6.07) is 0. The van der Waals surface area contributed by atoms with Crippen molar-refractivity contribution in [2.45, 2.75) is 0 Å². The lowest BCUT2D eigenvalue weighted by molar-refractivity contribution is -0.111. The van der Waals surface area contributed by atoms with Crippen LogP contribution in [0.3, 0.4) is 0 Å². The van der Waals surface area contributed by atoms with Crippen molar-refractivity contribution in [3.05, 3.63) is 0 Å². The lowest BCUT2D eigenvalue weighted by atomic mass is 10.5. The van der Waals surface area contributed by atoms with Gasteiger partial charge in [-0.05, 0) is 0 Å². The lowest BCUT2D eigenvalue weighted by Gasteiger charge is -1.95. The minimum absolute atomic E-state index is 0.313. The Morgan fingerprint density at radius 1 is 1.20 bits per heavy atom. The van der Waals surface area contributed by atoms with Gasteiger partial charge in [0.2, 0.25) is 5.84 Å². The van der Waals surface area contributed by atoms with Crippen LogP contribution in [0.25, 0.3) is 0 Å². The number of hydrogen-bond acceptors (Lipinski definition) is 4. The molecule has 0 aromatic rings. The maximum atomic E-state index is 10.5. The maximum Gasteiger partial charge on any atom is 0.290 e. The Morgan fingerprint density at radius 3 is 3.00 bits per heavy atom. The van der Waals surface area contributed by atoms with Crippen LogP contribution in [-0.2, 0) is 4.79 Å². The molecule has 5 nitrogen and oxygen atoms in total. The van der Waals surface area contributed by atoms with E-state index >= 15 is 0 Å². The maximum absolute atomic E-state index is 10.5. The number of amidine groups is 2. The van der Waals surface area contributed by atoms with Crippen molar-refractivity contribution >= 4 is 30.1 Å². The van der Waals surface area contributed by atoms with Crippen LogP contribution in [0.15, 0.2) is 20.0 Å². The fraction of sp³-hybridized carbons (Fsp3) is 0. The van der Waals surface area contributed by atoms with E-state index in [-0.39, 0.29) is 5.91 Å². The zero-order valence-corrected chi connectivity index (χ0v) is 4.85. The summed E-state index contributed by atoms with van der Waals surface area (Å²) in [5.41, 5.74) is 0. The molecular formula is C5H2N4O. The Kier molecular flexibility index (Phi) is 0.858. The molecular weight excluding hydrogens is 132 g/mol. The van der Waals surface area contributed by atoms with E-state index in [4.69, 9.17) is 0 Å². The molecule has 0 aliphatic carbocycles. The second-order valence-electron chi connectivity index (χ2n) is 1.73. The van der Waals surface area contributed by atoms with E-state index in [9.17, 15) is 4.79 Å². The largest absolute Gasteiger partial charge is 0.290 e. The summed E-state index contributed by atoms with van der Waals surface area (Å²) in [5, 5.41) is 0. The SMILES string of the molecule is O=C1C=NC2=NC=NC2=N1. The third-order valence-corrected chi connectivity index (χ3v) is 1.07. The van der Waals surface area contributed by atoms with Gasteiger partial charge in [0.1, 0.15) is 6.34 Å². The molecule has 10 heavy (non-hydrogen) atoms. The molecule has 0 saturated carbocycles. The predicted octanol–water partition coefficient (Wildman–Crippen LogP) is -0.564. The average molecular weight is 134 g/mol. The van der Waals surface area contributed by atoms with Crippen molar-refractivity contribution < 1.29 is 4.79 Å². The van der Waals surface area contributed by atoms with Gasteiger partial charge in [-0.25, -0.2) is 15.0 Å². The second-order valence-corrected chi connectivity index (χ2v) is 1.73. The third kappa shape index (κ3) is 0.604. The first-order valence-electron chi connectivity index (χ1n) is 2.64. The monoisotopic (exact) mass is 134 g/mol. The van der Waals surface area contributed by atoms with E-state index in [1.807, 2.05) is 0 Å². The summed E-state index contributed by atoms with van der Waals surface area (Å²) in [7, 11) is 0. The summed E-state index contributed by atoms with van der Waals surface area (Å²) < 4.78 is 0.